The highest BCUT2D eigenvalue weighted by molar-refractivity contribution is 7.85. The standard InChI is InChI=1S/C7H10O7S/c1-4(3-15(12,13)14)5(7(10)11)2-6(8)9/h2,4H,3H2,1H3,(H,8,9)(H,10,11)(H,12,13,14)/b5-2+. The van der Waals surface area contributed by atoms with Crippen LogP contribution in [0, 0.1) is 5.92 Å². The minimum Gasteiger partial charge on any atom is -0.478 e. The third-order valence-electron chi connectivity index (χ3n) is 1.52. The fourth-order valence-electron chi connectivity index (χ4n) is 0.954. The lowest BCUT2D eigenvalue weighted by atomic mass is 10.0. The maximum Gasteiger partial charge on any atom is 0.332 e. The summed E-state index contributed by atoms with van der Waals surface area (Å²) in [6.07, 6.45) is 0.401. The lowest BCUT2D eigenvalue weighted by Gasteiger charge is -2.09. The molecule has 0 bridgehead atoms. The zero-order valence-corrected chi connectivity index (χ0v) is 8.56. The molecule has 0 aromatic heterocycles. The van der Waals surface area contributed by atoms with Gasteiger partial charge in [-0.3, -0.25) is 4.55 Å². The van der Waals surface area contributed by atoms with E-state index in [2.05, 4.69) is 0 Å². The van der Waals surface area contributed by atoms with Crippen molar-refractivity contribution in [3.05, 3.63) is 11.6 Å². The van der Waals surface area contributed by atoms with Crippen molar-refractivity contribution in [1.29, 1.82) is 0 Å². The van der Waals surface area contributed by atoms with Crippen LogP contribution in [0.15, 0.2) is 11.6 Å². The van der Waals surface area contributed by atoms with Crippen LogP contribution in [-0.4, -0.2) is 40.9 Å². The molecule has 1 atom stereocenters. The second-order valence-electron chi connectivity index (χ2n) is 2.89. The van der Waals surface area contributed by atoms with E-state index in [0.29, 0.717) is 6.08 Å². The van der Waals surface area contributed by atoms with Crippen molar-refractivity contribution in [3.8, 4) is 0 Å². The first-order chi connectivity index (χ1) is 6.63. The van der Waals surface area contributed by atoms with Crippen molar-refractivity contribution in [1.82, 2.24) is 0 Å². The van der Waals surface area contributed by atoms with E-state index in [-0.39, 0.29) is 0 Å². The van der Waals surface area contributed by atoms with Gasteiger partial charge in [-0.15, -0.1) is 0 Å². The molecule has 8 heteroatoms. The van der Waals surface area contributed by atoms with Gasteiger partial charge in [0.1, 0.15) is 0 Å². The number of hydrogen-bond acceptors (Lipinski definition) is 4. The molecule has 0 aromatic carbocycles. The van der Waals surface area contributed by atoms with Gasteiger partial charge < -0.3 is 10.2 Å². The molecule has 0 saturated carbocycles. The van der Waals surface area contributed by atoms with Crippen LogP contribution >= 0.6 is 0 Å². The first kappa shape index (κ1) is 13.6. The predicted molar refractivity (Wildman–Crippen MR) is 48.9 cm³/mol. The van der Waals surface area contributed by atoms with Gasteiger partial charge in [0.25, 0.3) is 10.1 Å². The maximum atomic E-state index is 10.6. The van der Waals surface area contributed by atoms with E-state index in [1.807, 2.05) is 0 Å². The molecule has 0 spiro atoms. The normalized spacial score (nSPS) is 14.7. The smallest absolute Gasteiger partial charge is 0.332 e. The third-order valence-corrected chi connectivity index (χ3v) is 2.44. The zero-order chi connectivity index (χ0) is 12.2. The monoisotopic (exact) mass is 238 g/mol. The molecule has 0 aromatic rings. The maximum absolute atomic E-state index is 10.6. The number of aliphatic carboxylic acids is 2. The van der Waals surface area contributed by atoms with Gasteiger partial charge in [-0.1, -0.05) is 6.92 Å². The second-order valence-corrected chi connectivity index (χ2v) is 4.39. The van der Waals surface area contributed by atoms with Gasteiger partial charge in [0.05, 0.1) is 5.75 Å². The summed E-state index contributed by atoms with van der Waals surface area (Å²) in [4.78, 5) is 20.8. The van der Waals surface area contributed by atoms with Crippen molar-refractivity contribution in [3.63, 3.8) is 0 Å². The first-order valence-electron chi connectivity index (χ1n) is 3.76. The Morgan fingerprint density at radius 2 is 1.80 bits per heavy atom. The fraction of sp³-hybridized carbons (Fsp3) is 0.429. The number of carboxylic acids is 2. The average Bonchev–Trinajstić information content (AvgIpc) is 1.95. The fourth-order valence-corrected chi connectivity index (χ4v) is 1.76. The Bertz CT molecular complexity index is 392. The molecule has 0 aliphatic heterocycles. The quantitative estimate of drug-likeness (QED) is 0.439. The van der Waals surface area contributed by atoms with Crippen molar-refractivity contribution < 1.29 is 32.8 Å². The Morgan fingerprint density at radius 1 is 1.33 bits per heavy atom. The molecule has 86 valence electrons. The molecule has 7 nitrogen and oxygen atoms in total. The van der Waals surface area contributed by atoms with Crippen molar-refractivity contribution in [2.24, 2.45) is 5.92 Å². The summed E-state index contributed by atoms with van der Waals surface area (Å²) in [5.74, 6) is -4.96. The van der Waals surface area contributed by atoms with E-state index < -0.39 is 39.3 Å². The molecular weight excluding hydrogens is 228 g/mol. The van der Waals surface area contributed by atoms with Gasteiger partial charge in [0.15, 0.2) is 0 Å². The van der Waals surface area contributed by atoms with E-state index in [4.69, 9.17) is 14.8 Å². The van der Waals surface area contributed by atoms with E-state index >= 15 is 0 Å². The van der Waals surface area contributed by atoms with E-state index in [1.54, 1.807) is 0 Å². The van der Waals surface area contributed by atoms with Crippen LogP contribution < -0.4 is 0 Å². The molecular formula is C7H10O7S. The van der Waals surface area contributed by atoms with Gasteiger partial charge in [-0.05, 0) is 0 Å². The molecule has 3 N–H and O–H groups in total. The minimum absolute atomic E-state index is 0.401. The summed E-state index contributed by atoms with van der Waals surface area (Å²) in [6, 6.07) is 0. The van der Waals surface area contributed by atoms with Gasteiger partial charge in [0.2, 0.25) is 0 Å². The Labute approximate surface area is 85.8 Å². The topological polar surface area (TPSA) is 129 Å². The van der Waals surface area contributed by atoms with Gasteiger partial charge in [-0.25, -0.2) is 9.59 Å². The molecule has 0 saturated heterocycles. The minimum atomic E-state index is -4.33. The lowest BCUT2D eigenvalue weighted by Crippen LogP contribution is -2.20. The number of carboxylic acid groups (broad SMARTS) is 2. The van der Waals surface area contributed by atoms with Gasteiger partial charge in [0, 0.05) is 17.6 Å². The molecule has 0 heterocycles. The molecule has 0 radical (unpaired) electrons. The van der Waals surface area contributed by atoms with Crippen molar-refractivity contribution in [2.75, 3.05) is 5.75 Å². The highest BCUT2D eigenvalue weighted by Crippen LogP contribution is 2.12. The van der Waals surface area contributed by atoms with Crippen LogP contribution in [0.1, 0.15) is 6.92 Å². The molecule has 0 rings (SSSR count). The Morgan fingerprint density at radius 3 is 2.07 bits per heavy atom. The van der Waals surface area contributed by atoms with Crippen LogP contribution in [0.25, 0.3) is 0 Å². The van der Waals surface area contributed by atoms with Gasteiger partial charge >= 0.3 is 11.9 Å². The van der Waals surface area contributed by atoms with Crippen LogP contribution in [-0.2, 0) is 19.7 Å². The van der Waals surface area contributed by atoms with Crippen LogP contribution in [0.2, 0.25) is 0 Å². The summed E-state index contributed by atoms with van der Waals surface area (Å²) >= 11 is 0. The van der Waals surface area contributed by atoms with Crippen molar-refractivity contribution in [2.45, 2.75) is 6.92 Å². The summed E-state index contributed by atoms with van der Waals surface area (Å²) in [5.41, 5.74) is -0.583. The highest BCUT2D eigenvalue weighted by atomic mass is 32.2. The highest BCUT2D eigenvalue weighted by Gasteiger charge is 2.22. The Kier molecular flexibility index (Phi) is 4.43. The van der Waals surface area contributed by atoms with Crippen LogP contribution in [0.4, 0.5) is 0 Å². The summed E-state index contributed by atoms with van der Waals surface area (Å²) in [6.45, 7) is 1.19. The molecule has 15 heavy (non-hydrogen) atoms. The molecule has 0 amide bonds. The van der Waals surface area contributed by atoms with E-state index in [9.17, 15) is 18.0 Å². The average molecular weight is 238 g/mol. The Balaban J connectivity index is 4.97. The summed E-state index contributed by atoms with van der Waals surface area (Å²) in [5, 5.41) is 16.9. The van der Waals surface area contributed by atoms with Crippen LogP contribution in [0.5, 0.6) is 0 Å². The largest absolute Gasteiger partial charge is 0.478 e. The lowest BCUT2D eigenvalue weighted by molar-refractivity contribution is -0.135. The number of rotatable bonds is 5. The molecule has 1 unspecified atom stereocenters. The van der Waals surface area contributed by atoms with Crippen LogP contribution in [0.3, 0.4) is 0 Å². The summed E-state index contributed by atoms with van der Waals surface area (Å²) in [7, 11) is -4.33. The SMILES string of the molecule is CC(CS(=O)(=O)O)/C(=C\C(=O)O)C(=O)O. The molecule has 0 aliphatic rings. The second kappa shape index (κ2) is 4.89. The first-order valence-corrected chi connectivity index (χ1v) is 5.37. The molecule has 0 fully saturated rings. The van der Waals surface area contributed by atoms with E-state index in [1.165, 1.54) is 6.92 Å². The third kappa shape index (κ3) is 5.81. The Hall–Kier alpha value is -1.41. The van der Waals surface area contributed by atoms with E-state index in [0.717, 1.165) is 0 Å². The zero-order valence-electron chi connectivity index (χ0n) is 7.74. The number of carbonyl (C=O) groups is 2. The molecule has 0 aliphatic carbocycles. The number of hydrogen-bond donors (Lipinski definition) is 3. The van der Waals surface area contributed by atoms with Gasteiger partial charge in [-0.2, -0.15) is 8.42 Å². The summed E-state index contributed by atoms with van der Waals surface area (Å²) < 4.78 is 29.3. The van der Waals surface area contributed by atoms with Crippen molar-refractivity contribution >= 4 is 22.1 Å². The predicted octanol–water partition coefficient (Wildman–Crippen LogP) is -0.394.